The van der Waals surface area contributed by atoms with Gasteiger partial charge in [-0.3, -0.25) is 9.59 Å². The Hall–Kier alpha value is -1.06. The average molecular weight is 200 g/mol. The van der Waals surface area contributed by atoms with Crippen molar-refractivity contribution in [3.05, 3.63) is 0 Å². The van der Waals surface area contributed by atoms with Gasteiger partial charge in [-0.2, -0.15) is 0 Å². The largest absolute Gasteiger partial charge is 0.469 e. The molecule has 0 bridgehead atoms. The molecule has 4 nitrogen and oxygen atoms in total. The van der Waals surface area contributed by atoms with Gasteiger partial charge < -0.3 is 9.47 Å². The molecule has 0 aromatic heterocycles. The van der Waals surface area contributed by atoms with Gasteiger partial charge in [0.15, 0.2) is 0 Å². The highest BCUT2D eigenvalue weighted by Crippen LogP contribution is 2.20. The summed E-state index contributed by atoms with van der Waals surface area (Å²) in [5.74, 6) is -1.01. The molecule has 0 aromatic rings. The van der Waals surface area contributed by atoms with Crippen LogP contribution in [0.25, 0.3) is 0 Å². The first-order chi connectivity index (χ1) is 6.72. The maximum absolute atomic E-state index is 11.2. The van der Waals surface area contributed by atoms with E-state index in [-0.39, 0.29) is 12.5 Å². The van der Waals surface area contributed by atoms with Gasteiger partial charge in [-0.1, -0.05) is 6.42 Å². The molecule has 0 saturated heterocycles. The minimum absolute atomic E-state index is 0.0147. The Kier molecular flexibility index (Phi) is 4.43. The van der Waals surface area contributed by atoms with Crippen molar-refractivity contribution in [3.63, 3.8) is 0 Å². The van der Waals surface area contributed by atoms with Crippen molar-refractivity contribution in [2.24, 2.45) is 0 Å². The summed E-state index contributed by atoms with van der Waals surface area (Å²) in [6, 6.07) is 0. The van der Waals surface area contributed by atoms with Crippen LogP contribution in [0.2, 0.25) is 0 Å². The normalized spacial score (nSPS) is 17.5. The molecule has 0 heterocycles. The summed E-state index contributed by atoms with van der Waals surface area (Å²) in [6.07, 6.45) is 5.02. The second-order valence-electron chi connectivity index (χ2n) is 3.50. The molecular weight excluding hydrogens is 184 g/mol. The fourth-order valence-corrected chi connectivity index (χ4v) is 1.60. The number of methoxy groups -OCH3 is 1. The average Bonchev–Trinajstić information content (AvgIpc) is 2.19. The van der Waals surface area contributed by atoms with E-state index in [9.17, 15) is 9.59 Å². The van der Waals surface area contributed by atoms with E-state index in [1.54, 1.807) is 0 Å². The van der Waals surface area contributed by atoms with Gasteiger partial charge in [-0.05, 0) is 25.7 Å². The molecule has 0 amide bonds. The van der Waals surface area contributed by atoms with E-state index in [0.29, 0.717) is 0 Å². The van der Waals surface area contributed by atoms with Crippen molar-refractivity contribution in [1.29, 1.82) is 0 Å². The molecule has 0 atom stereocenters. The Balaban J connectivity index is 2.21. The highest BCUT2D eigenvalue weighted by Gasteiger charge is 2.19. The van der Waals surface area contributed by atoms with E-state index >= 15 is 0 Å². The molecule has 1 saturated carbocycles. The topological polar surface area (TPSA) is 52.6 Å². The third kappa shape index (κ3) is 3.77. The Morgan fingerprint density at radius 2 is 1.79 bits per heavy atom. The van der Waals surface area contributed by atoms with Crippen LogP contribution in [0, 0.1) is 0 Å². The van der Waals surface area contributed by atoms with E-state index in [0.717, 1.165) is 25.7 Å². The van der Waals surface area contributed by atoms with E-state index in [1.165, 1.54) is 13.5 Å². The van der Waals surface area contributed by atoms with Gasteiger partial charge >= 0.3 is 11.9 Å². The number of rotatable bonds is 3. The molecule has 0 radical (unpaired) electrons. The van der Waals surface area contributed by atoms with Crippen molar-refractivity contribution in [1.82, 2.24) is 0 Å². The summed E-state index contributed by atoms with van der Waals surface area (Å²) in [5.41, 5.74) is 0. The first-order valence-electron chi connectivity index (χ1n) is 4.98. The molecule has 0 spiro atoms. The van der Waals surface area contributed by atoms with Crippen LogP contribution in [0.4, 0.5) is 0 Å². The van der Waals surface area contributed by atoms with Crippen molar-refractivity contribution in [2.45, 2.75) is 44.6 Å². The predicted octanol–water partition coefficient (Wildman–Crippen LogP) is 1.43. The van der Waals surface area contributed by atoms with Crippen LogP contribution in [0.1, 0.15) is 38.5 Å². The third-order valence-electron chi connectivity index (χ3n) is 2.37. The fourth-order valence-electron chi connectivity index (χ4n) is 1.60. The van der Waals surface area contributed by atoms with E-state index < -0.39 is 11.9 Å². The summed E-state index contributed by atoms with van der Waals surface area (Å²) in [4.78, 5) is 21.9. The highest BCUT2D eigenvalue weighted by atomic mass is 16.6. The molecular formula is C10H16O4. The van der Waals surface area contributed by atoms with Crippen LogP contribution < -0.4 is 0 Å². The number of esters is 2. The van der Waals surface area contributed by atoms with Gasteiger partial charge in [0.05, 0.1) is 7.11 Å². The number of carbonyl (C=O) groups is 2. The number of hydrogen-bond acceptors (Lipinski definition) is 4. The van der Waals surface area contributed by atoms with E-state index in [4.69, 9.17) is 4.74 Å². The van der Waals surface area contributed by atoms with Crippen LogP contribution in [0.15, 0.2) is 0 Å². The first kappa shape index (κ1) is 11.0. The lowest BCUT2D eigenvalue weighted by Crippen LogP contribution is -2.22. The molecule has 14 heavy (non-hydrogen) atoms. The number of carbonyl (C=O) groups excluding carboxylic acids is 2. The van der Waals surface area contributed by atoms with Crippen molar-refractivity contribution in [2.75, 3.05) is 7.11 Å². The predicted molar refractivity (Wildman–Crippen MR) is 49.6 cm³/mol. The summed E-state index contributed by atoms with van der Waals surface area (Å²) >= 11 is 0. The summed E-state index contributed by atoms with van der Waals surface area (Å²) in [6.45, 7) is 0. The van der Waals surface area contributed by atoms with E-state index in [1.807, 2.05) is 0 Å². The lowest BCUT2D eigenvalue weighted by atomic mass is 9.98. The highest BCUT2D eigenvalue weighted by molar-refractivity contribution is 5.91. The molecule has 0 aliphatic heterocycles. The Labute approximate surface area is 83.6 Å². The summed E-state index contributed by atoms with van der Waals surface area (Å²) in [7, 11) is 1.26. The lowest BCUT2D eigenvalue weighted by molar-refractivity contribution is -0.157. The Morgan fingerprint density at radius 1 is 1.14 bits per heavy atom. The van der Waals surface area contributed by atoms with Crippen LogP contribution >= 0.6 is 0 Å². The van der Waals surface area contributed by atoms with Crippen LogP contribution in [0.3, 0.4) is 0 Å². The molecule has 1 rings (SSSR count). The zero-order valence-corrected chi connectivity index (χ0v) is 8.45. The van der Waals surface area contributed by atoms with E-state index in [2.05, 4.69) is 4.74 Å². The molecule has 4 heteroatoms. The second kappa shape index (κ2) is 5.62. The molecule has 80 valence electrons. The Bertz CT molecular complexity index is 206. The number of hydrogen-bond donors (Lipinski definition) is 0. The third-order valence-corrected chi connectivity index (χ3v) is 2.37. The van der Waals surface area contributed by atoms with Crippen LogP contribution in [0.5, 0.6) is 0 Å². The van der Waals surface area contributed by atoms with Gasteiger partial charge in [0.2, 0.25) is 0 Å². The van der Waals surface area contributed by atoms with Crippen molar-refractivity contribution in [3.8, 4) is 0 Å². The standard InChI is InChI=1S/C10H16O4/c1-13-9(11)7-10(12)14-8-5-3-2-4-6-8/h8H,2-7H2,1H3. The van der Waals surface area contributed by atoms with Gasteiger partial charge in [-0.25, -0.2) is 0 Å². The molecule has 0 unspecified atom stereocenters. The Morgan fingerprint density at radius 3 is 2.36 bits per heavy atom. The molecule has 0 N–H and O–H groups in total. The zero-order valence-electron chi connectivity index (χ0n) is 8.45. The van der Waals surface area contributed by atoms with Crippen molar-refractivity contribution < 1.29 is 19.1 Å². The minimum Gasteiger partial charge on any atom is -0.469 e. The molecule has 1 aliphatic carbocycles. The molecule has 1 fully saturated rings. The molecule has 1 aliphatic rings. The lowest BCUT2D eigenvalue weighted by Gasteiger charge is -2.21. The van der Waals surface area contributed by atoms with Crippen LogP contribution in [-0.2, 0) is 19.1 Å². The maximum Gasteiger partial charge on any atom is 0.317 e. The smallest absolute Gasteiger partial charge is 0.317 e. The second-order valence-corrected chi connectivity index (χ2v) is 3.50. The van der Waals surface area contributed by atoms with Gasteiger partial charge in [0, 0.05) is 0 Å². The van der Waals surface area contributed by atoms with Crippen LogP contribution in [-0.4, -0.2) is 25.2 Å². The summed E-state index contributed by atoms with van der Waals surface area (Å²) < 4.78 is 9.49. The number of ether oxygens (including phenoxy) is 2. The zero-order chi connectivity index (χ0) is 10.4. The maximum atomic E-state index is 11.2. The van der Waals surface area contributed by atoms with Gasteiger partial charge in [-0.15, -0.1) is 0 Å². The monoisotopic (exact) mass is 200 g/mol. The SMILES string of the molecule is COC(=O)CC(=O)OC1CCCCC1. The van der Waals surface area contributed by atoms with Crippen molar-refractivity contribution >= 4 is 11.9 Å². The first-order valence-corrected chi connectivity index (χ1v) is 4.98. The van der Waals surface area contributed by atoms with Gasteiger partial charge in [0.25, 0.3) is 0 Å². The minimum atomic E-state index is -0.536. The summed E-state index contributed by atoms with van der Waals surface area (Å²) in [5, 5.41) is 0. The quantitative estimate of drug-likeness (QED) is 0.510. The fraction of sp³-hybridized carbons (Fsp3) is 0.800. The molecule has 0 aromatic carbocycles. The van der Waals surface area contributed by atoms with Gasteiger partial charge in [0.1, 0.15) is 12.5 Å².